The number of thiazole rings is 2. The van der Waals surface area contributed by atoms with Crippen LogP contribution in [0.15, 0.2) is 97.1 Å². The number of rotatable bonds is 17. The van der Waals surface area contributed by atoms with E-state index in [-0.39, 0.29) is 35.4 Å². The predicted molar refractivity (Wildman–Crippen MR) is 287 cm³/mol. The van der Waals surface area contributed by atoms with Crippen molar-refractivity contribution in [2.75, 3.05) is 23.7 Å². The fourth-order valence-corrected chi connectivity index (χ4v) is 8.81. The van der Waals surface area contributed by atoms with Crippen molar-refractivity contribution in [2.24, 2.45) is 17.6 Å². The first kappa shape index (κ1) is 61.2. The molecular formula is C49H59Cl5N6O6S2. The number of benzene rings is 4. The molecule has 0 aliphatic rings. The fourth-order valence-electron chi connectivity index (χ4n) is 5.69. The molecule has 0 aliphatic heterocycles. The van der Waals surface area contributed by atoms with Gasteiger partial charge in [-0.15, -0.1) is 22.7 Å². The molecule has 2 unspecified atom stereocenters. The smallest absolute Gasteiger partial charge is 0.328 e. The number of nitrogens with two attached hydrogens (primary N) is 1. The molecule has 12 nitrogen and oxygen atoms in total. The third-order valence-electron chi connectivity index (χ3n) is 8.86. The zero-order valence-corrected chi connectivity index (χ0v) is 41.0. The van der Waals surface area contributed by atoms with Gasteiger partial charge in [-0.3, -0.25) is 14.4 Å². The number of amides is 1. The highest BCUT2D eigenvalue weighted by Crippen LogP contribution is 2.37. The van der Waals surface area contributed by atoms with Crippen molar-refractivity contribution in [3.8, 4) is 22.5 Å². The van der Waals surface area contributed by atoms with Crippen LogP contribution in [0, 0.1) is 11.8 Å². The third-order valence-corrected chi connectivity index (χ3v) is 12.6. The molecule has 0 aliphatic carbocycles. The van der Waals surface area contributed by atoms with Crippen molar-refractivity contribution in [2.45, 2.75) is 74.9 Å². The molecule has 1 amide bonds. The number of aliphatic carboxylic acids is 2. The molecule has 68 heavy (non-hydrogen) atoms. The van der Waals surface area contributed by atoms with Gasteiger partial charge < -0.3 is 31.9 Å². The maximum atomic E-state index is 12.4. The van der Waals surface area contributed by atoms with Gasteiger partial charge in [-0.25, -0.2) is 14.8 Å². The Morgan fingerprint density at radius 2 is 1.01 bits per heavy atom. The van der Waals surface area contributed by atoms with Crippen LogP contribution >= 0.6 is 80.7 Å². The monoisotopic (exact) mass is 1070 g/mol. The number of hydrogen-bond acceptors (Lipinski definition) is 11. The number of anilines is 2. The van der Waals surface area contributed by atoms with Gasteiger partial charge in [0.25, 0.3) is 11.1 Å². The Labute approximate surface area is 432 Å². The summed E-state index contributed by atoms with van der Waals surface area (Å²) in [5.74, 6) is -1.77. The topological polar surface area (TPSA) is 197 Å². The highest BCUT2D eigenvalue weighted by atomic mass is 35.5. The van der Waals surface area contributed by atoms with Crippen molar-refractivity contribution in [1.29, 1.82) is 0 Å². The SMILES string of the molecule is C.C.C.CC(C)Cc1sc(NCC(N)C(=O)O)nc1-c1ccc(Cl)c(Cl)c1.CC(C)Cc1sc(NCC(NC(=O)c2ccccc2)C(=O)O)nc1-c1ccc(Cl)c(Cl)c1.O=C(Cl)c1ccccc1. The fraction of sp³-hybridized carbons (Fsp3) is 0.306. The maximum absolute atomic E-state index is 12.4. The van der Waals surface area contributed by atoms with Gasteiger partial charge in [0, 0.05) is 45.1 Å². The lowest BCUT2D eigenvalue weighted by Gasteiger charge is -2.15. The molecule has 368 valence electrons. The largest absolute Gasteiger partial charge is 0.480 e. The van der Waals surface area contributed by atoms with Crippen molar-refractivity contribution in [1.82, 2.24) is 15.3 Å². The minimum Gasteiger partial charge on any atom is -0.480 e. The van der Waals surface area contributed by atoms with Gasteiger partial charge in [0.15, 0.2) is 10.3 Å². The van der Waals surface area contributed by atoms with Crippen LogP contribution < -0.4 is 21.7 Å². The van der Waals surface area contributed by atoms with Gasteiger partial charge in [-0.1, -0.05) is 157 Å². The minimum atomic E-state index is -1.13. The Morgan fingerprint density at radius 1 is 0.603 bits per heavy atom. The number of carbonyl (C=O) groups is 4. The Morgan fingerprint density at radius 3 is 1.37 bits per heavy atom. The summed E-state index contributed by atoms with van der Waals surface area (Å²) in [6.07, 6.45) is 1.67. The molecule has 2 atom stereocenters. The number of carbonyl (C=O) groups excluding carboxylic acids is 2. The second-order valence-electron chi connectivity index (χ2n) is 15.1. The summed E-state index contributed by atoms with van der Waals surface area (Å²) < 4.78 is 0. The number of carboxylic acid groups (broad SMARTS) is 2. The van der Waals surface area contributed by atoms with Crippen molar-refractivity contribution >= 4 is 114 Å². The molecule has 2 aromatic heterocycles. The van der Waals surface area contributed by atoms with Crippen LogP contribution in [0.1, 0.15) is 80.4 Å². The average molecular weight is 1070 g/mol. The van der Waals surface area contributed by atoms with Crippen molar-refractivity contribution in [3.05, 3.63) is 138 Å². The highest BCUT2D eigenvalue weighted by molar-refractivity contribution is 7.16. The van der Waals surface area contributed by atoms with E-state index in [0.29, 0.717) is 53.3 Å². The number of hydrogen-bond donors (Lipinski definition) is 6. The van der Waals surface area contributed by atoms with E-state index in [1.807, 2.05) is 18.2 Å². The van der Waals surface area contributed by atoms with Gasteiger partial charge in [0.05, 0.1) is 31.5 Å². The summed E-state index contributed by atoms with van der Waals surface area (Å²) >= 11 is 32.4. The number of aromatic nitrogens is 2. The van der Waals surface area contributed by atoms with Crippen LogP contribution in [0.3, 0.4) is 0 Å². The second-order valence-corrected chi connectivity index (χ2v) is 19.3. The highest BCUT2D eigenvalue weighted by Gasteiger charge is 2.23. The Balaban J connectivity index is 0.000000566. The van der Waals surface area contributed by atoms with E-state index in [4.69, 9.17) is 68.8 Å². The summed E-state index contributed by atoms with van der Waals surface area (Å²) in [6, 6.07) is 25.9. The van der Waals surface area contributed by atoms with Crippen LogP contribution in [0.4, 0.5) is 10.3 Å². The molecule has 0 saturated heterocycles. The van der Waals surface area contributed by atoms with Crippen LogP contribution in [-0.2, 0) is 22.4 Å². The normalized spacial score (nSPS) is 11.2. The first-order valence-corrected chi connectivity index (χ1v) is 23.5. The van der Waals surface area contributed by atoms with Crippen LogP contribution in [0.5, 0.6) is 0 Å². The van der Waals surface area contributed by atoms with E-state index >= 15 is 0 Å². The lowest BCUT2D eigenvalue weighted by Crippen LogP contribution is -2.45. The average Bonchev–Trinajstić information content (AvgIpc) is 3.86. The van der Waals surface area contributed by atoms with Crippen LogP contribution in [0.2, 0.25) is 20.1 Å². The number of carboxylic acids is 2. The van der Waals surface area contributed by atoms with Gasteiger partial charge in [-0.05, 0) is 72.7 Å². The third kappa shape index (κ3) is 19.3. The van der Waals surface area contributed by atoms with E-state index in [2.05, 4.69) is 53.6 Å². The quantitative estimate of drug-likeness (QED) is 0.0476. The molecule has 4 aromatic carbocycles. The number of nitrogens with zero attached hydrogens (tertiary/aromatic N) is 2. The zero-order chi connectivity index (χ0) is 47.8. The Kier molecular flexibility index (Phi) is 27.0. The summed E-state index contributed by atoms with van der Waals surface area (Å²) in [5, 5.41) is 29.7. The Bertz CT molecular complexity index is 2540. The zero-order valence-electron chi connectivity index (χ0n) is 35.6. The van der Waals surface area contributed by atoms with Gasteiger partial charge in [0.1, 0.15) is 12.1 Å². The molecular weight excluding hydrogens is 1010 g/mol. The van der Waals surface area contributed by atoms with Crippen LogP contribution in [-0.4, -0.2) is 68.4 Å². The number of nitrogens with one attached hydrogen (secondary N) is 3. The molecule has 2 heterocycles. The van der Waals surface area contributed by atoms with Crippen molar-refractivity contribution in [3.63, 3.8) is 0 Å². The van der Waals surface area contributed by atoms with E-state index in [0.717, 1.165) is 45.1 Å². The first-order chi connectivity index (χ1) is 30.8. The van der Waals surface area contributed by atoms with Gasteiger partial charge >= 0.3 is 11.9 Å². The van der Waals surface area contributed by atoms with Gasteiger partial charge in [0.2, 0.25) is 0 Å². The number of halogens is 5. The van der Waals surface area contributed by atoms with E-state index in [9.17, 15) is 24.3 Å². The summed E-state index contributed by atoms with van der Waals surface area (Å²) in [7, 11) is 0. The minimum absolute atomic E-state index is 0. The standard InChI is InChI=1S/C23H23Cl2N3O3S.C16H19Cl2N3O2S.C7H5ClO.3CH4/c1-13(2)10-19-20(15-8-9-16(24)17(25)11-15)28-23(32-19)26-12-18(22(30)31)27-21(29)14-6-4-3-5-7-14;1-8(2)5-13-14(9-3-4-10(17)11(18)6-9)21-16(24-13)20-7-12(19)15(22)23;8-7(9)6-4-2-1-3-5-6;;;/h3-9,11,13,18H,10,12H2,1-2H3,(H,26,28)(H,27,29)(H,30,31);3-4,6,8,12H,5,7,19H2,1-2H3,(H,20,21)(H,22,23);1-5H;3*1H4. The van der Waals surface area contributed by atoms with E-state index < -0.39 is 35.2 Å². The molecule has 19 heteroatoms. The van der Waals surface area contributed by atoms with Gasteiger partial charge in [-0.2, -0.15) is 0 Å². The first-order valence-electron chi connectivity index (χ1n) is 20.0. The van der Waals surface area contributed by atoms with E-state index in [1.54, 1.807) is 78.9 Å². The Hall–Kier alpha value is -4.77. The van der Waals surface area contributed by atoms with E-state index in [1.165, 1.54) is 22.7 Å². The second kappa shape index (κ2) is 30.0. The molecule has 6 aromatic rings. The molecule has 7 N–H and O–H groups in total. The van der Waals surface area contributed by atoms with Crippen LogP contribution in [0.25, 0.3) is 22.5 Å². The predicted octanol–water partition coefficient (Wildman–Crippen LogP) is 13.7. The molecule has 0 bridgehead atoms. The summed E-state index contributed by atoms with van der Waals surface area (Å²) in [6.45, 7) is 8.60. The molecule has 0 radical (unpaired) electrons. The molecule has 0 fully saturated rings. The summed E-state index contributed by atoms with van der Waals surface area (Å²) in [5.41, 5.74) is 9.79. The molecule has 0 spiro atoms. The lowest BCUT2D eigenvalue weighted by atomic mass is 10.0. The maximum Gasteiger partial charge on any atom is 0.328 e. The van der Waals surface area contributed by atoms with Crippen molar-refractivity contribution < 1.29 is 29.4 Å². The summed E-state index contributed by atoms with van der Waals surface area (Å²) in [4.78, 5) is 56.7. The lowest BCUT2D eigenvalue weighted by molar-refractivity contribution is -0.139. The molecule has 0 saturated carbocycles. The molecule has 6 rings (SSSR count).